The average molecular weight is 360 g/mol. The van der Waals surface area contributed by atoms with Crippen molar-refractivity contribution in [2.45, 2.75) is 6.92 Å². The Morgan fingerprint density at radius 1 is 0.778 bits per heavy atom. The monoisotopic (exact) mass is 360 g/mol. The van der Waals surface area contributed by atoms with Gasteiger partial charge in [0.1, 0.15) is 5.69 Å². The van der Waals surface area contributed by atoms with Crippen LogP contribution in [0.2, 0.25) is 0 Å². The second-order valence-corrected chi connectivity index (χ2v) is 6.83. The zero-order valence-electron chi connectivity index (χ0n) is 15.1. The third-order valence-corrected chi connectivity index (χ3v) is 5.18. The standard InChI is InChI=1S/C22H20N2O3/c1-15(25)16-7-9-18(10-8-16)23-11-13-24(14-12-23)20-19(21(26)22(20)27)17-5-3-2-4-6-17/h2-10H,11-14H2,1H3. The van der Waals surface area contributed by atoms with Gasteiger partial charge in [-0.05, 0) is 36.8 Å². The van der Waals surface area contributed by atoms with Crippen LogP contribution in [0.4, 0.5) is 11.4 Å². The maximum Gasteiger partial charge on any atom is 0.250 e. The van der Waals surface area contributed by atoms with Gasteiger partial charge in [0.05, 0.1) is 5.56 Å². The van der Waals surface area contributed by atoms with E-state index in [1.165, 1.54) is 0 Å². The number of ketones is 1. The van der Waals surface area contributed by atoms with Crippen molar-refractivity contribution in [3.8, 4) is 11.1 Å². The van der Waals surface area contributed by atoms with Crippen LogP contribution in [0.5, 0.6) is 0 Å². The van der Waals surface area contributed by atoms with Gasteiger partial charge in [-0.1, -0.05) is 30.3 Å². The molecule has 1 fully saturated rings. The Morgan fingerprint density at radius 2 is 1.37 bits per heavy atom. The number of rotatable bonds is 4. The summed E-state index contributed by atoms with van der Waals surface area (Å²) in [7, 11) is 0. The second-order valence-electron chi connectivity index (χ2n) is 6.83. The minimum Gasteiger partial charge on any atom is -0.368 e. The number of nitrogens with zero attached hydrogens (tertiary/aromatic N) is 2. The lowest BCUT2D eigenvalue weighted by atomic mass is 9.97. The van der Waals surface area contributed by atoms with Crippen molar-refractivity contribution < 1.29 is 4.79 Å². The van der Waals surface area contributed by atoms with Gasteiger partial charge >= 0.3 is 0 Å². The van der Waals surface area contributed by atoms with Crippen molar-refractivity contribution >= 4 is 17.2 Å². The van der Waals surface area contributed by atoms with E-state index in [0.29, 0.717) is 29.9 Å². The first-order chi connectivity index (χ1) is 13.1. The second kappa shape index (κ2) is 6.83. The molecule has 0 bridgehead atoms. The third kappa shape index (κ3) is 3.05. The predicted octanol–water partition coefficient (Wildman–Crippen LogP) is 2.48. The van der Waals surface area contributed by atoms with Gasteiger partial charge in [0.25, 0.3) is 0 Å². The third-order valence-electron chi connectivity index (χ3n) is 5.18. The Hall–Kier alpha value is -3.21. The smallest absolute Gasteiger partial charge is 0.250 e. The minimum absolute atomic E-state index is 0.0555. The van der Waals surface area contributed by atoms with E-state index in [1.54, 1.807) is 6.92 Å². The molecule has 5 heteroatoms. The molecule has 0 radical (unpaired) electrons. The molecule has 0 N–H and O–H groups in total. The van der Waals surface area contributed by atoms with E-state index in [-0.39, 0.29) is 11.2 Å². The molecule has 0 spiro atoms. The van der Waals surface area contributed by atoms with Crippen LogP contribution in [-0.2, 0) is 0 Å². The summed E-state index contributed by atoms with van der Waals surface area (Å²) in [5, 5.41) is 0. The fraction of sp³-hybridized carbons (Fsp3) is 0.227. The number of piperazine rings is 1. The molecule has 4 rings (SSSR count). The van der Waals surface area contributed by atoms with Gasteiger partial charge in [-0.15, -0.1) is 0 Å². The largest absolute Gasteiger partial charge is 0.368 e. The molecular weight excluding hydrogens is 340 g/mol. The predicted molar refractivity (Wildman–Crippen MR) is 108 cm³/mol. The van der Waals surface area contributed by atoms with Crippen molar-refractivity contribution in [2.75, 3.05) is 36.0 Å². The van der Waals surface area contributed by atoms with E-state index < -0.39 is 5.43 Å². The molecule has 1 aliphatic heterocycles. The molecule has 0 aromatic heterocycles. The van der Waals surface area contributed by atoms with Crippen LogP contribution < -0.4 is 20.7 Å². The van der Waals surface area contributed by atoms with Crippen molar-refractivity contribution in [3.05, 3.63) is 80.6 Å². The van der Waals surface area contributed by atoms with Crippen molar-refractivity contribution in [3.63, 3.8) is 0 Å². The summed E-state index contributed by atoms with van der Waals surface area (Å²) in [4.78, 5) is 40.0. The minimum atomic E-state index is -0.390. The molecule has 0 unspecified atom stereocenters. The normalized spacial score (nSPS) is 14.6. The zero-order valence-corrected chi connectivity index (χ0v) is 15.1. The summed E-state index contributed by atoms with van der Waals surface area (Å²) in [5.41, 5.74) is 2.89. The lowest BCUT2D eigenvalue weighted by Crippen LogP contribution is -2.51. The number of benzene rings is 2. The lowest BCUT2D eigenvalue weighted by Gasteiger charge is -2.38. The topological polar surface area (TPSA) is 57.7 Å². The zero-order chi connectivity index (χ0) is 19.0. The first-order valence-corrected chi connectivity index (χ1v) is 9.06. The van der Waals surface area contributed by atoms with Gasteiger partial charge < -0.3 is 9.80 Å². The van der Waals surface area contributed by atoms with Gasteiger partial charge in [0, 0.05) is 37.4 Å². The van der Waals surface area contributed by atoms with Crippen LogP contribution in [-0.4, -0.2) is 32.0 Å². The molecule has 0 atom stereocenters. The molecule has 3 aromatic carbocycles. The van der Waals surface area contributed by atoms with Crippen LogP contribution >= 0.6 is 0 Å². The maximum absolute atomic E-state index is 12.2. The summed E-state index contributed by atoms with van der Waals surface area (Å²) in [6.07, 6.45) is 0. The van der Waals surface area contributed by atoms with Crippen LogP contribution in [0.3, 0.4) is 0 Å². The summed E-state index contributed by atoms with van der Waals surface area (Å²) in [6.45, 7) is 4.43. The molecular formula is C22H20N2O3. The highest BCUT2D eigenvalue weighted by atomic mass is 16.2. The molecule has 27 heavy (non-hydrogen) atoms. The Bertz CT molecular complexity index is 1040. The quantitative estimate of drug-likeness (QED) is 0.528. The summed E-state index contributed by atoms with van der Waals surface area (Å²) in [5.74, 6) is 0.0555. The molecule has 136 valence electrons. The van der Waals surface area contributed by atoms with Gasteiger partial charge in [-0.3, -0.25) is 14.4 Å². The van der Waals surface area contributed by atoms with Gasteiger partial charge in [0.15, 0.2) is 5.78 Å². The van der Waals surface area contributed by atoms with Gasteiger partial charge in [-0.25, -0.2) is 0 Å². The van der Waals surface area contributed by atoms with E-state index in [2.05, 4.69) is 4.90 Å². The maximum atomic E-state index is 12.2. The molecule has 3 aromatic rings. The lowest BCUT2D eigenvalue weighted by molar-refractivity contribution is 0.101. The first kappa shape index (κ1) is 17.2. The highest BCUT2D eigenvalue weighted by Crippen LogP contribution is 2.28. The van der Waals surface area contributed by atoms with E-state index in [0.717, 1.165) is 24.3 Å². The molecule has 0 aliphatic carbocycles. The Labute approximate surface area is 157 Å². The number of Topliss-reactive ketones (excluding diaryl/α,β-unsaturated/α-hetero) is 1. The number of carbonyl (C=O) groups is 1. The summed E-state index contributed by atoms with van der Waals surface area (Å²) in [6, 6.07) is 17.0. The van der Waals surface area contributed by atoms with E-state index in [9.17, 15) is 14.4 Å². The Balaban J connectivity index is 1.51. The first-order valence-electron chi connectivity index (χ1n) is 9.06. The van der Waals surface area contributed by atoms with Crippen LogP contribution in [0, 0.1) is 0 Å². The highest BCUT2D eigenvalue weighted by molar-refractivity contribution is 5.94. The average Bonchev–Trinajstić information content (AvgIpc) is 2.72. The van der Waals surface area contributed by atoms with E-state index in [4.69, 9.17) is 0 Å². The van der Waals surface area contributed by atoms with Crippen LogP contribution in [0.15, 0.2) is 64.2 Å². The molecule has 0 amide bonds. The van der Waals surface area contributed by atoms with E-state index >= 15 is 0 Å². The fourth-order valence-electron chi connectivity index (χ4n) is 3.65. The summed E-state index contributed by atoms with van der Waals surface area (Å²) >= 11 is 0. The van der Waals surface area contributed by atoms with Gasteiger partial charge in [0.2, 0.25) is 10.9 Å². The summed E-state index contributed by atoms with van der Waals surface area (Å²) < 4.78 is 0. The SMILES string of the molecule is CC(=O)c1ccc(N2CCN(c3c(-c4ccccc4)c(=O)c3=O)CC2)cc1. The van der Waals surface area contributed by atoms with Crippen molar-refractivity contribution in [1.82, 2.24) is 0 Å². The fourth-order valence-corrected chi connectivity index (χ4v) is 3.65. The molecule has 1 aliphatic rings. The number of hydrogen-bond donors (Lipinski definition) is 0. The van der Waals surface area contributed by atoms with Crippen LogP contribution in [0.25, 0.3) is 11.1 Å². The molecule has 1 heterocycles. The molecule has 0 saturated carbocycles. The number of anilines is 2. The van der Waals surface area contributed by atoms with Gasteiger partial charge in [-0.2, -0.15) is 0 Å². The van der Waals surface area contributed by atoms with Crippen LogP contribution in [0.1, 0.15) is 17.3 Å². The Morgan fingerprint density at radius 3 is 1.96 bits per heavy atom. The molecule has 5 nitrogen and oxygen atoms in total. The number of carbonyl (C=O) groups excluding carboxylic acids is 1. The molecule has 1 saturated heterocycles. The van der Waals surface area contributed by atoms with Crippen molar-refractivity contribution in [1.29, 1.82) is 0 Å². The Kier molecular flexibility index (Phi) is 4.36. The highest BCUT2D eigenvalue weighted by Gasteiger charge is 2.29. The van der Waals surface area contributed by atoms with E-state index in [1.807, 2.05) is 59.5 Å². The van der Waals surface area contributed by atoms with Crippen molar-refractivity contribution in [2.24, 2.45) is 0 Å². The number of hydrogen-bond acceptors (Lipinski definition) is 5.